The maximum Gasteiger partial charge on any atom is 0.244 e. The SMILES string of the molecule is CC[C@H](C)[C@@H]1NC(=O)CNC(=O)[C@H]2Cc3c([nH]c4ccccc34)SC[C@H](NC(=O)CNC1=O)C(=O)N[C@@H](CC(=O)NCCCSC(c1ccccc1)(c1ccccc1)c1ccccc1)C(=O)C1C[C@H](O)C[C@H]1N[C@@H]([C@@H](C)[C@@H](O)CO)C(=O)N2. The van der Waals surface area contributed by atoms with Gasteiger partial charge in [0.05, 0.1) is 60.2 Å². The average molecular weight is 1170 g/mol. The fourth-order valence-corrected chi connectivity index (χ4v) is 13.8. The standard InChI is InChI=1S/C61H75N9O11S2/c1-4-35(2)53-58(80)64-31-51(75)65-48-34-82-60-42(41-23-14-15-24-44(41)69-60)29-47(56(78)63-32-52(76)70-53)68-59(81)54(36(3)49(73)33-71)66-45-28-40(72)27-43(45)55(77)46(67-57(48)79)30-50(74)62-25-16-26-83-61(37-17-8-5-9-18-37,38-19-10-6-11-20-38)39-21-12-7-13-22-39/h5-15,17-24,35-36,40,43,45-49,53-54,66,69,71-73H,4,16,25-34H2,1-3H3,(H,62,74)(H,63,78)(H,64,80)(H,65,75)(H,67,79)(H,68,81)(H,70,76)/t35-,36-,40-,43?,45+,46-,47+,48-,49-,53-,54-/m0/s1. The summed E-state index contributed by atoms with van der Waals surface area (Å²) in [5.74, 6) is -8.21. The topological polar surface area (TPSA) is 309 Å². The molecule has 1 aliphatic carbocycles. The average Bonchev–Trinajstić information content (AvgIpc) is 3.74. The Morgan fingerprint density at radius 1 is 0.723 bits per heavy atom. The van der Waals surface area contributed by atoms with Crippen molar-refractivity contribution in [3.63, 3.8) is 0 Å². The third kappa shape index (κ3) is 15.2. The van der Waals surface area contributed by atoms with Crippen molar-refractivity contribution >= 4 is 81.6 Å². The summed E-state index contributed by atoms with van der Waals surface area (Å²) in [5.41, 5.74) is 4.37. The van der Waals surface area contributed by atoms with Crippen LogP contribution in [0.25, 0.3) is 10.9 Å². The van der Waals surface area contributed by atoms with Crippen LogP contribution in [0.1, 0.15) is 75.1 Å². The van der Waals surface area contributed by atoms with Crippen molar-refractivity contribution in [3.8, 4) is 0 Å². The van der Waals surface area contributed by atoms with E-state index in [9.17, 15) is 48.9 Å². The second-order valence-corrected chi connectivity index (χ2v) is 24.0. The molecule has 3 aliphatic rings. The normalized spacial score (nSPS) is 24.6. The van der Waals surface area contributed by atoms with E-state index in [4.69, 9.17) is 0 Å². The molecule has 2 bridgehead atoms. The largest absolute Gasteiger partial charge is 0.394 e. The number of hydrogen-bond acceptors (Lipinski definition) is 14. The lowest BCUT2D eigenvalue weighted by Crippen LogP contribution is -2.60. The number of aromatic nitrogens is 1. The van der Waals surface area contributed by atoms with Gasteiger partial charge in [0, 0.05) is 47.5 Å². The Morgan fingerprint density at radius 3 is 1.95 bits per heavy atom. The fourth-order valence-electron chi connectivity index (χ4n) is 11.2. The minimum Gasteiger partial charge on any atom is -0.394 e. The number of aromatic amines is 1. The molecule has 4 aromatic carbocycles. The highest BCUT2D eigenvalue weighted by Gasteiger charge is 2.46. The number of H-pyrrole nitrogens is 1. The smallest absolute Gasteiger partial charge is 0.244 e. The molecule has 1 saturated carbocycles. The highest BCUT2D eigenvalue weighted by Crippen LogP contribution is 2.48. The van der Waals surface area contributed by atoms with Gasteiger partial charge in [-0.25, -0.2) is 0 Å². The van der Waals surface area contributed by atoms with Gasteiger partial charge in [-0.2, -0.15) is 0 Å². The fraction of sp³-hybridized carbons (Fsp3) is 0.443. The quantitative estimate of drug-likeness (QED) is 0.0529. The molecule has 22 heteroatoms. The summed E-state index contributed by atoms with van der Waals surface area (Å²) in [6.45, 7) is 3.24. The van der Waals surface area contributed by atoms with Crippen LogP contribution in [0.2, 0.25) is 0 Å². The Balaban J connectivity index is 1.13. The van der Waals surface area contributed by atoms with Crippen LogP contribution in [0, 0.1) is 17.8 Å². The summed E-state index contributed by atoms with van der Waals surface area (Å²) in [6.07, 6.45) is -2.64. The number of carbonyl (C=O) groups is 8. The Bertz CT molecular complexity index is 2980. The van der Waals surface area contributed by atoms with Crippen LogP contribution >= 0.6 is 23.5 Å². The van der Waals surface area contributed by atoms with Crippen LogP contribution in [-0.2, 0) is 49.5 Å². The molecule has 2 aliphatic heterocycles. The molecule has 0 saturated heterocycles. The molecule has 8 rings (SSSR count). The maximum atomic E-state index is 15.2. The molecule has 0 radical (unpaired) electrons. The van der Waals surface area contributed by atoms with Gasteiger partial charge in [0.1, 0.15) is 18.1 Å². The van der Waals surface area contributed by atoms with Gasteiger partial charge in [-0.15, -0.1) is 23.5 Å². The molecule has 0 spiro atoms. The van der Waals surface area contributed by atoms with Gasteiger partial charge in [0.2, 0.25) is 41.4 Å². The summed E-state index contributed by atoms with van der Waals surface area (Å²) in [6, 6.07) is 29.7. The Labute approximate surface area is 491 Å². The van der Waals surface area contributed by atoms with Crippen molar-refractivity contribution in [2.24, 2.45) is 17.8 Å². The molecule has 5 aromatic rings. The highest BCUT2D eigenvalue weighted by molar-refractivity contribution is 8.00. The van der Waals surface area contributed by atoms with Gasteiger partial charge < -0.3 is 62.8 Å². The van der Waals surface area contributed by atoms with Crippen molar-refractivity contribution in [1.82, 2.24) is 47.5 Å². The van der Waals surface area contributed by atoms with E-state index in [-0.39, 0.29) is 31.6 Å². The number of amides is 7. The van der Waals surface area contributed by atoms with Gasteiger partial charge in [0.15, 0.2) is 5.78 Å². The number of ketones is 1. The number of thioether (sulfide) groups is 2. The van der Waals surface area contributed by atoms with Crippen molar-refractivity contribution in [2.75, 3.05) is 37.7 Å². The number of Topliss-reactive ketones (excluding diaryl/α,β-unsaturated/α-hetero) is 1. The number of aliphatic hydroxyl groups excluding tert-OH is 3. The van der Waals surface area contributed by atoms with E-state index < -0.39 is 144 Å². The van der Waals surface area contributed by atoms with Gasteiger partial charge in [-0.1, -0.05) is 136 Å². The van der Waals surface area contributed by atoms with E-state index in [0.29, 0.717) is 40.1 Å². The first-order valence-corrected chi connectivity index (χ1v) is 30.3. The molecule has 11 atom stereocenters. The van der Waals surface area contributed by atoms with E-state index in [1.807, 2.05) is 61.5 Å². The van der Waals surface area contributed by atoms with Crippen LogP contribution in [-0.4, -0.2) is 154 Å². The molecule has 3 heterocycles. The summed E-state index contributed by atoms with van der Waals surface area (Å²) < 4.78 is -0.610. The Morgan fingerprint density at radius 2 is 1.33 bits per heavy atom. The number of aliphatic hydroxyl groups is 3. The van der Waals surface area contributed by atoms with Gasteiger partial charge >= 0.3 is 0 Å². The first kappa shape index (κ1) is 62.0. The molecule has 20 nitrogen and oxygen atoms in total. The third-order valence-corrected chi connectivity index (χ3v) is 18.7. The first-order chi connectivity index (χ1) is 40.0. The minimum atomic E-state index is -1.55. The molecule has 12 N–H and O–H groups in total. The summed E-state index contributed by atoms with van der Waals surface area (Å²) in [7, 11) is 0. The van der Waals surface area contributed by atoms with Gasteiger partial charge in [-0.05, 0) is 59.3 Å². The lowest BCUT2D eigenvalue weighted by molar-refractivity contribution is -0.135. The maximum absolute atomic E-state index is 15.2. The van der Waals surface area contributed by atoms with E-state index in [0.717, 1.165) is 28.5 Å². The van der Waals surface area contributed by atoms with Crippen molar-refractivity contribution < 1.29 is 53.7 Å². The molecule has 1 unspecified atom stereocenters. The third-order valence-electron chi connectivity index (χ3n) is 16.0. The monoisotopic (exact) mass is 1170 g/mol. The van der Waals surface area contributed by atoms with E-state index >= 15 is 4.79 Å². The second-order valence-electron chi connectivity index (χ2n) is 21.6. The summed E-state index contributed by atoms with van der Waals surface area (Å²) in [4.78, 5) is 118. The molecule has 7 amide bonds. The molecular weight excluding hydrogens is 1100 g/mol. The lowest BCUT2D eigenvalue weighted by Gasteiger charge is -2.35. The highest BCUT2D eigenvalue weighted by atomic mass is 32.2. The number of carbonyl (C=O) groups excluding carboxylic acids is 8. The Kier molecular flexibility index (Phi) is 21.6. The van der Waals surface area contributed by atoms with Crippen LogP contribution in [0.5, 0.6) is 0 Å². The van der Waals surface area contributed by atoms with E-state index in [1.165, 1.54) is 6.92 Å². The zero-order valence-corrected chi connectivity index (χ0v) is 48.4. The number of nitrogens with one attached hydrogen (secondary N) is 9. The van der Waals surface area contributed by atoms with Crippen molar-refractivity contribution in [1.29, 1.82) is 0 Å². The van der Waals surface area contributed by atoms with Crippen LogP contribution < -0.4 is 42.5 Å². The van der Waals surface area contributed by atoms with Gasteiger partial charge in [-0.3, -0.25) is 38.4 Å². The lowest BCUT2D eigenvalue weighted by atomic mass is 9.84. The van der Waals surface area contributed by atoms with Crippen molar-refractivity contribution in [3.05, 3.63) is 138 Å². The molecule has 83 heavy (non-hydrogen) atoms. The van der Waals surface area contributed by atoms with E-state index in [2.05, 4.69) is 83.9 Å². The van der Waals surface area contributed by atoms with Gasteiger partial charge in [0.25, 0.3) is 0 Å². The first-order valence-electron chi connectivity index (χ1n) is 28.3. The summed E-state index contributed by atoms with van der Waals surface area (Å²) >= 11 is 2.82. The molecule has 442 valence electrons. The van der Waals surface area contributed by atoms with Crippen LogP contribution in [0.15, 0.2) is 120 Å². The Hall–Kier alpha value is -7.08. The van der Waals surface area contributed by atoms with Crippen LogP contribution in [0.3, 0.4) is 0 Å². The predicted octanol–water partition coefficient (Wildman–Crippen LogP) is 2.33. The molecular formula is C61H75N9O11S2. The predicted molar refractivity (Wildman–Crippen MR) is 317 cm³/mol. The summed E-state index contributed by atoms with van der Waals surface area (Å²) in [5, 5.41) is 56.0. The number of para-hydroxylation sites is 1. The molecule has 1 aromatic heterocycles. The van der Waals surface area contributed by atoms with Crippen LogP contribution in [0.4, 0.5) is 0 Å². The zero-order chi connectivity index (χ0) is 59.2. The minimum absolute atomic E-state index is 0.0838. The number of hydrogen-bond donors (Lipinski definition) is 12. The molecule has 1 fully saturated rings. The zero-order valence-electron chi connectivity index (χ0n) is 46.7. The second kappa shape index (κ2) is 28.9. The number of fused-ring (bicyclic) bond motifs is 5. The number of rotatable bonds is 15. The number of benzene rings is 4. The van der Waals surface area contributed by atoms with E-state index in [1.54, 1.807) is 43.0 Å². The van der Waals surface area contributed by atoms with Crippen molar-refractivity contribution in [2.45, 2.75) is 118 Å².